The number of rotatable bonds is 2. The van der Waals surface area contributed by atoms with Gasteiger partial charge in [-0.05, 0) is 18.2 Å². The second kappa shape index (κ2) is 4.75. The summed E-state index contributed by atoms with van der Waals surface area (Å²) >= 11 is 0. The minimum absolute atomic E-state index is 0.199. The summed E-state index contributed by atoms with van der Waals surface area (Å²) in [4.78, 5) is 0.199. The summed E-state index contributed by atoms with van der Waals surface area (Å²) in [6.45, 7) is 0.619. The molecule has 1 heterocycles. The van der Waals surface area contributed by atoms with Gasteiger partial charge in [0.1, 0.15) is 0 Å². The van der Waals surface area contributed by atoms with Crippen molar-refractivity contribution in [3.05, 3.63) is 24.3 Å². The number of anilines is 1. The summed E-state index contributed by atoms with van der Waals surface area (Å²) in [5, 5.41) is 0. The molecule has 0 atom stereocenters. The van der Waals surface area contributed by atoms with Gasteiger partial charge in [-0.25, -0.2) is 8.42 Å². The van der Waals surface area contributed by atoms with Gasteiger partial charge in [0.25, 0.3) is 0 Å². The number of sulfonamides is 1. The van der Waals surface area contributed by atoms with Crippen molar-refractivity contribution in [1.82, 2.24) is 4.31 Å². The van der Waals surface area contributed by atoms with Crippen molar-refractivity contribution in [2.75, 3.05) is 30.3 Å². The van der Waals surface area contributed by atoms with E-state index >= 15 is 0 Å². The Bertz CT molecular complexity index is 532. The minimum atomic E-state index is -3.49. The zero-order valence-corrected chi connectivity index (χ0v) is 10.8. The van der Waals surface area contributed by atoms with Crippen LogP contribution in [0.2, 0.25) is 0 Å². The molecule has 0 radical (unpaired) electrons. The van der Waals surface area contributed by atoms with Crippen LogP contribution in [-0.2, 0) is 20.8 Å². The fourth-order valence-electron chi connectivity index (χ4n) is 1.69. The van der Waals surface area contributed by atoms with E-state index in [-0.39, 0.29) is 4.90 Å². The van der Waals surface area contributed by atoms with Crippen molar-refractivity contribution in [2.45, 2.75) is 4.90 Å². The molecule has 0 saturated carbocycles. The summed E-state index contributed by atoms with van der Waals surface area (Å²) in [6, 6.07) is 6.23. The van der Waals surface area contributed by atoms with Crippen molar-refractivity contribution in [2.24, 2.45) is 0 Å². The third-order valence-electron chi connectivity index (χ3n) is 2.63. The Morgan fingerprint density at radius 2 is 1.88 bits per heavy atom. The molecule has 1 saturated heterocycles. The number of nitrogen functional groups attached to an aromatic ring is 1. The zero-order valence-electron chi connectivity index (χ0n) is 9.20. The van der Waals surface area contributed by atoms with E-state index < -0.39 is 20.8 Å². The normalized spacial score (nSPS) is 19.3. The zero-order chi connectivity index (χ0) is 12.5. The van der Waals surface area contributed by atoms with Crippen LogP contribution in [0.1, 0.15) is 0 Å². The largest absolute Gasteiger partial charge is 0.399 e. The number of hydrogen-bond acceptors (Lipinski definition) is 4. The first-order valence-corrected chi connectivity index (χ1v) is 8.13. The molecule has 2 N–H and O–H groups in total. The molecule has 1 fully saturated rings. The lowest BCUT2D eigenvalue weighted by molar-refractivity contribution is 0.439. The molecular formula is C10H14N2O3S2. The highest BCUT2D eigenvalue weighted by Crippen LogP contribution is 2.19. The average Bonchev–Trinajstić information content (AvgIpc) is 2.29. The summed E-state index contributed by atoms with van der Waals surface area (Å²) in [6.07, 6.45) is 0. The van der Waals surface area contributed by atoms with Gasteiger partial charge >= 0.3 is 0 Å². The third-order valence-corrected chi connectivity index (χ3v) is 5.80. The molecule has 0 amide bonds. The predicted octanol–water partition coefficient (Wildman–Crippen LogP) is 0.0218. The maximum absolute atomic E-state index is 12.2. The van der Waals surface area contributed by atoms with Crippen LogP contribution < -0.4 is 5.73 Å². The second-order valence-electron chi connectivity index (χ2n) is 3.82. The first-order chi connectivity index (χ1) is 8.00. The van der Waals surface area contributed by atoms with Crippen LogP contribution in [0.4, 0.5) is 5.69 Å². The Hall–Kier alpha value is -0.920. The van der Waals surface area contributed by atoms with Gasteiger partial charge in [-0.1, -0.05) is 6.07 Å². The lowest BCUT2D eigenvalue weighted by atomic mass is 10.3. The Kier molecular flexibility index (Phi) is 3.50. The smallest absolute Gasteiger partial charge is 0.243 e. The molecule has 1 aromatic carbocycles. The van der Waals surface area contributed by atoms with Gasteiger partial charge in [-0.15, -0.1) is 0 Å². The SMILES string of the molecule is Nc1cccc(S(=O)(=O)N2CCS(=O)CC2)c1. The predicted molar refractivity (Wildman–Crippen MR) is 67.5 cm³/mol. The van der Waals surface area contributed by atoms with Gasteiger partial charge < -0.3 is 5.73 Å². The van der Waals surface area contributed by atoms with E-state index in [0.717, 1.165) is 0 Å². The highest BCUT2D eigenvalue weighted by atomic mass is 32.2. The number of nitrogens with zero attached hydrogens (tertiary/aromatic N) is 1. The molecule has 1 aliphatic heterocycles. The van der Waals surface area contributed by atoms with Crippen molar-refractivity contribution in [3.8, 4) is 0 Å². The van der Waals surface area contributed by atoms with Crippen LogP contribution in [0.15, 0.2) is 29.2 Å². The maximum atomic E-state index is 12.2. The molecule has 0 bridgehead atoms. The van der Waals surface area contributed by atoms with Crippen LogP contribution in [-0.4, -0.2) is 41.5 Å². The number of hydrogen-bond donors (Lipinski definition) is 1. The molecule has 0 unspecified atom stereocenters. The molecule has 17 heavy (non-hydrogen) atoms. The average molecular weight is 274 g/mol. The van der Waals surface area contributed by atoms with Crippen LogP contribution in [0.25, 0.3) is 0 Å². The molecule has 2 rings (SSSR count). The molecular weight excluding hydrogens is 260 g/mol. The Balaban J connectivity index is 2.27. The number of nitrogens with two attached hydrogens (primary N) is 1. The van der Waals surface area contributed by atoms with Crippen molar-refractivity contribution < 1.29 is 12.6 Å². The first kappa shape index (κ1) is 12.5. The Morgan fingerprint density at radius 3 is 2.47 bits per heavy atom. The topological polar surface area (TPSA) is 80.5 Å². The van der Waals surface area contributed by atoms with Gasteiger partial charge in [-0.2, -0.15) is 4.31 Å². The fourth-order valence-corrected chi connectivity index (χ4v) is 4.47. The molecule has 0 aliphatic carbocycles. The number of benzene rings is 1. The molecule has 1 aliphatic rings. The van der Waals surface area contributed by atoms with E-state index in [4.69, 9.17) is 5.73 Å². The van der Waals surface area contributed by atoms with Crippen LogP contribution >= 0.6 is 0 Å². The highest BCUT2D eigenvalue weighted by molar-refractivity contribution is 7.89. The summed E-state index contributed by atoms with van der Waals surface area (Å²) < 4.78 is 37.0. The van der Waals surface area contributed by atoms with E-state index in [1.165, 1.54) is 16.4 Å². The quantitative estimate of drug-likeness (QED) is 0.771. The van der Waals surface area contributed by atoms with E-state index in [9.17, 15) is 12.6 Å². The molecule has 7 heteroatoms. The van der Waals surface area contributed by atoms with Crippen LogP contribution in [0.5, 0.6) is 0 Å². The van der Waals surface area contributed by atoms with Crippen molar-refractivity contribution >= 4 is 26.5 Å². The lowest BCUT2D eigenvalue weighted by Crippen LogP contribution is -2.41. The molecule has 0 spiro atoms. The van der Waals surface area contributed by atoms with Crippen molar-refractivity contribution in [3.63, 3.8) is 0 Å². The van der Waals surface area contributed by atoms with E-state index in [2.05, 4.69) is 0 Å². The standard InChI is InChI=1S/C10H14N2O3S2/c11-9-2-1-3-10(8-9)17(14,15)12-4-6-16(13)7-5-12/h1-3,8H,4-7,11H2. The van der Waals surface area contributed by atoms with Gasteiger partial charge in [0.15, 0.2) is 0 Å². The fraction of sp³-hybridized carbons (Fsp3) is 0.400. The first-order valence-electron chi connectivity index (χ1n) is 5.21. The molecule has 94 valence electrons. The highest BCUT2D eigenvalue weighted by Gasteiger charge is 2.27. The van der Waals surface area contributed by atoms with E-state index in [1.54, 1.807) is 12.1 Å². The van der Waals surface area contributed by atoms with Gasteiger partial charge in [0, 0.05) is 41.1 Å². The van der Waals surface area contributed by atoms with E-state index in [0.29, 0.717) is 30.3 Å². The van der Waals surface area contributed by atoms with Gasteiger partial charge in [-0.3, -0.25) is 4.21 Å². The summed E-state index contributed by atoms with van der Waals surface area (Å²) in [5.41, 5.74) is 6.00. The van der Waals surface area contributed by atoms with Gasteiger partial charge in [0.2, 0.25) is 10.0 Å². The van der Waals surface area contributed by atoms with Gasteiger partial charge in [0.05, 0.1) is 4.90 Å². The molecule has 1 aromatic rings. The molecule has 0 aromatic heterocycles. The molecule has 5 nitrogen and oxygen atoms in total. The maximum Gasteiger partial charge on any atom is 0.243 e. The third kappa shape index (κ3) is 2.67. The summed E-state index contributed by atoms with van der Waals surface area (Å²) in [7, 11) is -4.38. The van der Waals surface area contributed by atoms with Crippen LogP contribution in [0.3, 0.4) is 0 Å². The lowest BCUT2D eigenvalue weighted by Gasteiger charge is -2.25. The minimum Gasteiger partial charge on any atom is -0.399 e. The van der Waals surface area contributed by atoms with Crippen LogP contribution in [0, 0.1) is 0 Å². The van der Waals surface area contributed by atoms with Crippen molar-refractivity contribution in [1.29, 1.82) is 0 Å². The second-order valence-corrected chi connectivity index (χ2v) is 7.46. The van der Waals surface area contributed by atoms with E-state index in [1.807, 2.05) is 0 Å². The monoisotopic (exact) mass is 274 g/mol. The Labute approximate surface area is 103 Å². The Morgan fingerprint density at radius 1 is 1.24 bits per heavy atom. The summed E-state index contributed by atoms with van der Waals surface area (Å²) in [5.74, 6) is 0.809.